The van der Waals surface area contributed by atoms with Gasteiger partial charge in [0, 0.05) is 29.1 Å². The van der Waals surface area contributed by atoms with E-state index in [1.54, 1.807) is 0 Å². The molecule has 3 atom stereocenters. The molecule has 0 bridgehead atoms. The second kappa shape index (κ2) is 10.5. The first-order valence-corrected chi connectivity index (χ1v) is 15.3. The molecule has 4 rings (SSSR count). The fourth-order valence-electron chi connectivity index (χ4n) is 7.62. The molecule has 3 unspecified atom stereocenters. The van der Waals surface area contributed by atoms with Crippen molar-refractivity contribution in [2.45, 2.75) is 125 Å². The summed E-state index contributed by atoms with van der Waals surface area (Å²) >= 11 is 0. The van der Waals surface area contributed by atoms with Gasteiger partial charge in [-0.2, -0.15) is 0 Å². The van der Waals surface area contributed by atoms with Gasteiger partial charge in [-0.25, -0.2) is 0 Å². The molecule has 0 saturated carbocycles. The molecular formula is C36H53NO3. The molecule has 4 nitrogen and oxygen atoms in total. The Morgan fingerprint density at radius 2 is 1.48 bits per heavy atom. The molecular weight excluding hydrogens is 494 g/mol. The maximum atomic E-state index is 14.1. The van der Waals surface area contributed by atoms with Crippen molar-refractivity contribution in [2.75, 3.05) is 6.54 Å². The van der Waals surface area contributed by atoms with Gasteiger partial charge >= 0.3 is 0 Å². The van der Waals surface area contributed by atoms with Gasteiger partial charge in [0.25, 0.3) is 0 Å². The van der Waals surface area contributed by atoms with E-state index in [9.17, 15) is 4.79 Å². The van der Waals surface area contributed by atoms with Crippen molar-refractivity contribution in [1.29, 1.82) is 0 Å². The lowest BCUT2D eigenvalue weighted by Gasteiger charge is -2.66. The van der Waals surface area contributed by atoms with Crippen molar-refractivity contribution < 1.29 is 14.3 Å². The minimum absolute atomic E-state index is 0.00421. The lowest BCUT2D eigenvalue weighted by atomic mass is 9.50. The summed E-state index contributed by atoms with van der Waals surface area (Å²) in [6.07, 6.45) is 1.96. The third-order valence-electron chi connectivity index (χ3n) is 11.0. The van der Waals surface area contributed by atoms with Crippen LogP contribution in [0.2, 0.25) is 0 Å². The Bertz CT molecular complexity index is 1230. The predicted molar refractivity (Wildman–Crippen MR) is 166 cm³/mol. The zero-order valence-corrected chi connectivity index (χ0v) is 27.1. The Kier molecular flexibility index (Phi) is 8.04. The normalized spacial score (nSPS) is 26.3. The van der Waals surface area contributed by atoms with Crippen LogP contribution in [0.3, 0.4) is 0 Å². The quantitative estimate of drug-likeness (QED) is 0.330. The second-order valence-electron chi connectivity index (χ2n) is 14.8. The summed E-state index contributed by atoms with van der Waals surface area (Å²) in [6.45, 7) is 28.1. The highest BCUT2D eigenvalue weighted by molar-refractivity contribution is 6.03. The molecule has 2 aliphatic rings. The van der Waals surface area contributed by atoms with Gasteiger partial charge in [0.15, 0.2) is 17.3 Å². The highest BCUT2D eigenvalue weighted by atomic mass is 16.5. The average Bonchev–Trinajstić information content (AvgIpc) is 3.07. The van der Waals surface area contributed by atoms with Crippen molar-refractivity contribution in [3.63, 3.8) is 0 Å². The van der Waals surface area contributed by atoms with Crippen LogP contribution in [0.1, 0.15) is 123 Å². The van der Waals surface area contributed by atoms with Crippen LogP contribution >= 0.6 is 0 Å². The van der Waals surface area contributed by atoms with Gasteiger partial charge < -0.3 is 9.47 Å². The fourth-order valence-corrected chi connectivity index (χ4v) is 7.62. The van der Waals surface area contributed by atoms with E-state index in [0.29, 0.717) is 5.75 Å². The molecule has 220 valence electrons. The molecule has 2 aromatic rings. The molecule has 0 aromatic heterocycles. The topological polar surface area (TPSA) is 38.8 Å². The Hall–Kier alpha value is -2.33. The van der Waals surface area contributed by atoms with Crippen molar-refractivity contribution in [1.82, 2.24) is 4.90 Å². The summed E-state index contributed by atoms with van der Waals surface area (Å²) in [4.78, 5) is 16.8. The van der Waals surface area contributed by atoms with Crippen LogP contribution in [-0.2, 0) is 5.54 Å². The van der Waals surface area contributed by atoms with E-state index in [2.05, 4.69) is 96.7 Å². The summed E-state index contributed by atoms with van der Waals surface area (Å²) < 4.78 is 12.3. The molecule has 2 aromatic carbocycles. The number of hydrogen-bond donors (Lipinski definition) is 0. The smallest absolute Gasteiger partial charge is 0.166 e. The molecule has 1 heterocycles. The molecule has 0 N–H and O–H groups in total. The van der Waals surface area contributed by atoms with Gasteiger partial charge in [0.2, 0.25) is 0 Å². The van der Waals surface area contributed by atoms with Gasteiger partial charge in [0.05, 0.1) is 12.2 Å². The standard InChI is InChI=1S/C36H53NO3/c1-23(2)39-30-20-27-25(5)29(32(38)28(27)21-31(30)40-24(3)4)22-36(12)18-19-37(35(10,11)34(36,8)9)33(6,7)26-16-14-13-15-17-26/h13-17,20-21,23-25,29H,18-19,22H2,1-12H3. The Balaban J connectivity index is 1.65. The first-order valence-electron chi connectivity index (χ1n) is 15.3. The zero-order valence-electron chi connectivity index (χ0n) is 27.1. The largest absolute Gasteiger partial charge is 0.487 e. The Labute approximate surface area is 243 Å². The number of nitrogens with zero attached hydrogens (tertiary/aromatic N) is 1. The minimum Gasteiger partial charge on any atom is -0.487 e. The minimum atomic E-state index is -0.101. The Morgan fingerprint density at radius 3 is 2.02 bits per heavy atom. The lowest BCUT2D eigenvalue weighted by molar-refractivity contribution is -0.163. The summed E-state index contributed by atoms with van der Waals surface area (Å²) in [5.41, 5.74) is 3.01. The number of ether oxygens (including phenoxy) is 2. The van der Waals surface area contributed by atoms with E-state index < -0.39 is 0 Å². The van der Waals surface area contributed by atoms with Gasteiger partial charge in [-0.1, -0.05) is 58.0 Å². The summed E-state index contributed by atoms with van der Waals surface area (Å²) in [6, 6.07) is 14.9. The van der Waals surface area contributed by atoms with E-state index in [1.807, 2.05) is 33.8 Å². The monoisotopic (exact) mass is 547 g/mol. The fraction of sp³-hybridized carbons (Fsp3) is 0.639. The van der Waals surface area contributed by atoms with E-state index in [0.717, 1.165) is 36.3 Å². The molecule has 4 heteroatoms. The van der Waals surface area contributed by atoms with Crippen molar-refractivity contribution >= 4 is 5.78 Å². The summed E-state index contributed by atoms with van der Waals surface area (Å²) in [5.74, 6) is 1.76. The van der Waals surface area contributed by atoms with E-state index >= 15 is 0 Å². The molecule has 1 saturated heterocycles. The number of carbonyl (C=O) groups is 1. The molecule has 1 aliphatic carbocycles. The van der Waals surface area contributed by atoms with Gasteiger partial charge in [0.1, 0.15) is 0 Å². The SMILES string of the molecule is CC(C)Oc1cc2c(cc1OC(C)C)C(C)C(CC1(C)CCN(C(C)(C)c3ccccc3)C(C)(C)C1(C)C)C2=O. The van der Waals surface area contributed by atoms with Crippen LogP contribution in [0.4, 0.5) is 0 Å². The van der Waals surface area contributed by atoms with E-state index in [4.69, 9.17) is 9.47 Å². The maximum absolute atomic E-state index is 14.1. The number of rotatable bonds is 8. The number of Topliss-reactive ketones (excluding diaryl/α,β-unsaturated/α-hetero) is 1. The van der Waals surface area contributed by atoms with Gasteiger partial charge in [-0.15, -0.1) is 0 Å². The molecule has 0 spiro atoms. The third kappa shape index (κ3) is 4.99. The van der Waals surface area contributed by atoms with Crippen LogP contribution in [-0.4, -0.2) is 35.0 Å². The molecule has 0 radical (unpaired) electrons. The molecule has 0 amide bonds. The van der Waals surface area contributed by atoms with Crippen molar-refractivity contribution in [3.8, 4) is 11.5 Å². The van der Waals surface area contributed by atoms with Crippen LogP contribution in [0.15, 0.2) is 42.5 Å². The van der Waals surface area contributed by atoms with Crippen LogP contribution in [0.5, 0.6) is 11.5 Å². The van der Waals surface area contributed by atoms with Gasteiger partial charge in [-0.05, 0) is 108 Å². The molecule has 1 aliphatic heterocycles. The van der Waals surface area contributed by atoms with Crippen molar-refractivity contribution in [3.05, 3.63) is 59.2 Å². The van der Waals surface area contributed by atoms with E-state index in [1.165, 1.54) is 5.56 Å². The van der Waals surface area contributed by atoms with Gasteiger partial charge in [-0.3, -0.25) is 9.69 Å². The average molecular weight is 548 g/mol. The van der Waals surface area contributed by atoms with Crippen molar-refractivity contribution in [2.24, 2.45) is 16.7 Å². The number of ketones is 1. The number of fused-ring (bicyclic) bond motifs is 1. The summed E-state index contributed by atoms with van der Waals surface area (Å²) in [5, 5.41) is 0. The number of hydrogen-bond acceptors (Lipinski definition) is 4. The highest BCUT2D eigenvalue weighted by Crippen LogP contribution is 2.61. The van der Waals surface area contributed by atoms with Crippen LogP contribution < -0.4 is 9.47 Å². The van der Waals surface area contributed by atoms with Crippen LogP contribution in [0.25, 0.3) is 0 Å². The Morgan fingerprint density at radius 1 is 0.925 bits per heavy atom. The summed E-state index contributed by atoms with van der Waals surface area (Å²) in [7, 11) is 0. The number of benzene rings is 2. The second-order valence-corrected chi connectivity index (χ2v) is 14.8. The lowest BCUT2D eigenvalue weighted by Crippen LogP contribution is -2.68. The third-order valence-corrected chi connectivity index (χ3v) is 11.0. The predicted octanol–water partition coefficient (Wildman–Crippen LogP) is 9.02. The maximum Gasteiger partial charge on any atom is 0.166 e. The first kappa shape index (κ1) is 30.6. The first-order chi connectivity index (χ1) is 18.4. The van der Waals surface area contributed by atoms with Crippen LogP contribution in [0, 0.1) is 16.7 Å². The van der Waals surface area contributed by atoms with E-state index in [-0.39, 0.29) is 51.7 Å². The zero-order chi connectivity index (χ0) is 29.8. The molecule has 40 heavy (non-hydrogen) atoms. The number of piperidine rings is 1. The highest BCUT2D eigenvalue weighted by Gasteiger charge is 2.60. The number of likely N-dealkylation sites (tertiary alicyclic amines) is 1. The number of carbonyl (C=O) groups excluding carboxylic acids is 1. The molecule has 1 fully saturated rings.